The molecule has 1 aromatic heterocycles. The van der Waals surface area contributed by atoms with Crippen molar-refractivity contribution in [2.45, 2.75) is 33.3 Å². The zero-order valence-corrected chi connectivity index (χ0v) is 14.9. The van der Waals surface area contributed by atoms with E-state index in [2.05, 4.69) is 10.3 Å². The number of anilines is 2. The molecule has 6 nitrogen and oxygen atoms in total. The van der Waals surface area contributed by atoms with Gasteiger partial charge in [0.2, 0.25) is 0 Å². The standard InChI is InChI=1S/C17H18FN3O3S/c1-4-12-8-21(17(23)24-12)11-5-6-13(14(18)7-11)15(22)20-16-19-9(2)10(3)25-16/h5-7,12H,4,8H2,1-3H3,(H,19,20,22). The van der Waals surface area contributed by atoms with Gasteiger partial charge in [0.1, 0.15) is 11.9 Å². The third kappa shape index (κ3) is 3.48. The predicted octanol–water partition coefficient (Wildman–Crippen LogP) is 3.89. The Morgan fingerprint density at radius 2 is 2.24 bits per heavy atom. The van der Waals surface area contributed by atoms with Crippen molar-refractivity contribution >= 4 is 34.2 Å². The lowest BCUT2D eigenvalue weighted by atomic mass is 10.1. The van der Waals surface area contributed by atoms with Crippen LogP contribution in [0.5, 0.6) is 0 Å². The SMILES string of the molecule is CCC1CN(c2ccc(C(=O)Nc3nc(C)c(C)s3)c(F)c2)C(=O)O1. The molecule has 0 spiro atoms. The van der Waals surface area contributed by atoms with Crippen LogP contribution >= 0.6 is 11.3 Å². The summed E-state index contributed by atoms with van der Waals surface area (Å²) in [4.78, 5) is 30.7. The third-order valence-corrected chi connectivity index (χ3v) is 5.08. The molecule has 2 amide bonds. The van der Waals surface area contributed by atoms with Crippen LogP contribution in [0.15, 0.2) is 18.2 Å². The van der Waals surface area contributed by atoms with Crippen molar-refractivity contribution in [3.8, 4) is 0 Å². The fourth-order valence-corrected chi connectivity index (χ4v) is 3.30. The number of rotatable bonds is 4. The van der Waals surface area contributed by atoms with E-state index >= 15 is 0 Å². The van der Waals surface area contributed by atoms with Gasteiger partial charge in [-0.3, -0.25) is 15.0 Å². The van der Waals surface area contributed by atoms with Gasteiger partial charge < -0.3 is 4.74 Å². The van der Waals surface area contributed by atoms with E-state index < -0.39 is 17.8 Å². The van der Waals surface area contributed by atoms with Crippen molar-refractivity contribution in [2.24, 2.45) is 0 Å². The Morgan fingerprint density at radius 3 is 2.80 bits per heavy atom. The van der Waals surface area contributed by atoms with Crippen molar-refractivity contribution in [3.05, 3.63) is 40.2 Å². The second-order valence-electron chi connectivity index (χ2n) is 5.80. The van der Waals surface area contributed by atoms with Gasteiger partial charge in [-0.05, 0) is 38.5 Å². The quantitative estimate of drug-likeness (QED) is 0.895. The molecule has 1 unspecified atom stereocenters. The maximum Gasteiger partial charge on any atom is 0.414 e. The molecule has 0 aliphatic carbocycles. The summed E-state index contributed by atoms with van der Waals surface area (Å²) in [5.74, 6) is -1.28. The van der Waals surface area contributed by atoms with Crippen molar-refractivity contribution < 1.29 is 18.7 Å². The lowest BCUT2D eigenvalue weighted by Crippen LogP contribution is -2.25. The molecule has 25 heavy (non-hydrogen) atoms. The van der Waals surface area contributed by atoms with Crippen LogP contribution in [0.3, 0.4) is 0 Å². The molecule has 3 rings (SSSR count). The van der Waals surface area contributed by atoms with Gasteiger partial charge in [-0.2, -0.15) is 0 Å². The molecule has 1 aliphatic rings. The van der Waals surface area contributed by atoms with Gasteiger partial charge >= 0.3 is 6.09 Å². The topological polar surface area (TPSA) is 71.5 Å². The average molecular weight is 363 g/mol. The van der Waals surface area contributed by atoms with Crippen molar-refractivity contribution in [1.29, 1.82) is 0 Å². The predicted molar refractivity (Wildman–Crippen MR) is 93.8 cm³/mol. The highest BCUT2D eigenvalue weighted by Gasteiger charge is 2.31. The summed E-state index contributed by atoms with van der Waals surface area (Å²) >= 11 is 1.33. The highest BCUT2D eigenvalue weighted by atomic mass is 32.1. The van der Waals surface area contributed by atoms with E-state index in [0.717, 1.165) is 10.6 Å². The van der Waals surface area contributed by atoms with Crippen LogP contribution in [0.2, 0.25) is 0 Å². The van der Waals surface area contributed by atoms with Gasteiger partial charge in [0.15, 0.2) is 5.13 Å². The molecule has 1 aromatic carbocycles. The average Bonchev–Trinajstić information content (AvgIpc) is 3.09. The largest absolute Gasteiger partial charge is 0.444 e. The molecule has 1 fully saturated rings. The summed E-state index contributed by atoms with van der Waals surface area (Å²) in [7, 11) is 0. The number of aromatic nitrogens is 1. The maximum atomic E-state index is 14.4. The first-order valence-electron chi connectivity index (χ1n) is 7.92. The van der Waals surface area contributed by atoms with Crippen molar-refractivity contribution in [1.82, 2.24) is 4.98 Å². The molecule has 132 valence electrons. The normalized spacial score (nSPS) is 16.9. The number of carbonyl (C=O) groups is 2. The van der Waals surface area contributed by atoms with Gasteiger partial charge in [0.05, 0.1) is 23.5 Å². The van der Waals surface area contributed by atoms with Crippen LogP contribution in [0.4, 0.5) is 20.0 Å². The third-order valence-electron chi connectivity index (χ3n) is 4.09. The second-order valence-corrected chi connectivity index (χ2v) is 7.01. The summed E-state index contributed by atoms with van der Waals surface area (Å²) in [6.45, 7) is 6.03. The van der Waals surface area contributed by atoms with Gasteiger partial charge in [-0.15, -0.1) is 11.3 Å². The highest BCUT2D eigenvalue weighted by Crippen LogP contribution is 2.26. The molecule has 0 saturated carbocycles. The van der Waals surface area contributed by atoms with Crippen LogP contribution in [-0.4, -0.2) is 29.6 Å². The Morgan fingerprint density at radius 1 is 1.48 bits per heavy atom. The number of hydrogen-bond donors (Lipinski definition) is 1. The molecule has 2 heterocycles. The number of nitrogens with one attached hydrogen (secondary N) is 1. The van der Waals surface area contributed by atoms with Crippen molar-refractivity contribution in [2.75, 3.05) is 16.8 Å². The Labute approximate surface area is 148 Å². The Bertz CT molecular complexity index is 817. The van der Waals surface area contributed by atoms with E-state index in [1.165, 1.54) is 34.4 Å². The van der Waals surface area contributed by atoms with E-state index in [1.54, 1.807) is 0 Å². The first kappa shape index (κ1) is 17.3. The minimum absolute atomic E-state index is 0.103. The number of halogens is 1. The minimum atomic E-state index is -0.701. The monoisotopic (exact) mass is 363 g/mol. The summed E-state index contributed by atoms with van der Waals surface area (Å²) in [6, 6.07) is 4.07. The van der Waals surface area contributed by atoms with E-state index in [4.69, 9.17) is 4.74 Å². The summed E-state index contributed by atoms with van der Waals surface area (Å²) < 4.78 is 19.6. The Hall–Kier alpha value is -2.48. The number of hydrogen-bond acceptors (Lipinski definition) is 5. The highest BCUT2D eigenvalue weighted by molar-refractivity contribution is 7.15. The molecule has 0 bridgehead atoms. The fraction of sp³-hybridized carbons (Fsp3) is 0.353. The van der Waals surface area contributed by atoms with Crippen LogP contribution in [-0.2, 0) is 4.74 Å². The first-order chi connectivity index (χ1) is 11.9. The molecular weight excluding hydrogens is 345 g/mol. The van der Waals surface area contributed by atoms with E-state index in [0.29, 0.717) is 23.8 Å². The van der Waals surface area contributed by atoms with Crippen molar-refractivity contribution in [3.63, 3.8) is 0 Å². The lowest BCUT2D eigenvalue weighted by molar-refractivity contribution is 0.102. The molecule has 1 aliphatic heterocycles. The number of benzene rings is 1. The summed E-state index contributed by atoms with van der Waals surface area (Å²) in [6.07, 6.45) is -0.00943. The summed E-state index contributed by atoms with van der Waals surface area (Å²) in [5, 5.41) is 3.03. The number of carbonyl (C=O) groups excluding carboxylic acids is 2. The number of amides is 2. The molecule has 1 atom stereocenters. The van der Waals surface area contributed by atoms with E-state index in [-0.39, 0.29) is 11.7 Å². The van der Waals surface area contributed by atoms with Gasteiger partial charge in [-0.1, -0.05) is 6.92 Å². The van der Waals surface area contributed by atoms with Gasteiger partial charge in [0, 0.05) is 4.88 Å². The fourth-order valence-electron chi connectivity index (χ4n) is 2.49. The zero-order chi connectivity index (χ0) is 18.1. The second kappa shape index (κ2) is 6.79. The molecule has 2 aromatic rings. The van der Waals surface area contributed by atoms with Gasteiger partial charge in [-0.25, -0.2) is 14.2 Å². The minimum Gasteiger partial charge on any atom is -0.444 e. The Balaban J connectivity index is 1.77. The smallest absolute Gasteiger partial charge is 0.414 e. The zero-order valence-electron chi connectivity index (χ0n) is 14.1. The Kier molecular flexibility index (Phi) is 4.71. The van der Waals surface area contributed by atoms with Gasteiger partial charge in [0.25, 0.3) is 5.91 Å². The van der Waals surface area contributed by atoms with Crippen LogP contribution in [0.1, 0.15) is 34.3 Å². The first-order valence-corrected chi connectivity index (χ1v) is 8.73. The number of aryl methyl sites for hydroxylation is 2. The molecule has 8 heteroatoms. The number of cyclic esters (lactones) is 1. The lowest BCUT2D eigenvalue weighted by Gasteiger charge is -2.14. The van der Waals surface area contributed by atoms with Crippen LogP contribution in [0.25, 0.3) is 0 Å². The number of thiazole rings is 1. The van der Waals surface area contributed by atoms with E-state index in [9.17, 15) is 14.0 Å². The molecular formula is C17H18FN3O3S. The molecule has 0 radical (unpaired) electrons. The van der Waals surface area contributed by atoms with Crippen LogP contribution < -0.4 is 10.2 Å². The number of ether oxygens (including phenoxy) is 1. The van der Waals surface area contributed by atoms with Crippen LogP contribution in [0, 0.1) is 19.7 Å². The molecule has 1 saturated heterocycles. The summed E-state index contributed by atoms with van der Waals surface area (Å²) in [5.41, 5.74) is 1.10. The maximum absolute atomic E-state index is 14.4. The molecule has 1 N–H and O–H groups in total. The number of nitrogens with zero attached hydrogens (tertiary/aromatic N) is 2. The van der Waals surface area contributed by atoms with E-state index in [1.807, 2.05) is 20.8 Å².